The van der Waals surface area contributed by atoms with Crippen molar-refractivity contribution in [3.8, 4) is 11.5 Å². The maximum absolute atomic E-state index is 6.32. The van der Waals surface area contributed by atoms with E-state index in [0.717, 1.165) is 11.5 Å². The van der Waals surface area contributed by atoms with Crippen LogP contribution in [0.25, 0.3) is 0 Å². The van der Waals surface area contributed by atoms with Gasteiger partial charge < -0.3 is 9.47 Å². The molecule has 152 valence electrons. The van der Waals surface area contributed by atoms with E-state index in [-0.39, 0.29) is 22.1 Å². The lowest BCUT2D eigenvalue weighted by Crippen LogP contribution is -2.26. The molecule has 0 unspecified atom stereocenters. The van der Waals surface area contributed by atoms with Gasteiger partial charge in [-0.15, -0.1) is 0 Å². The predicted molar refractivity (Wildman–Crippen MR) is 122 cm³/mol. The van der Waals surface area contributed by atoms with E-state index in [9.17, 15) is 0 Å². The van der Waals surface area contributed by atoms with Gasteiger partial charge in [-0.05, 0) is 77.9 Å². The Morgan fingerprint density at radius 3 is 1.41 bits per heavy atom. The monoisotopic (exact) mass is 407 g/mol. The molecule has 0 fully saturated rings. The molecule has 0 amide bonds. The van der Waals surface area contributed by atoms with Crippen LogP contribution in [-0.2, 0) is 10.9 Å². The molecule has 0 saturated carbocycles. The third-order valence-electron chi connectivity index (χ3n) is 3.94. The van der Waals surface area contributed by atoms with Crippen LogP contribution in [0.4, 0.5) is 0 Å². The first-order valence-corrected chi connectivity index (χ1v) is 11.2. The van der Waals surface area contributed by atoms with Crippen molar-refractivity contribution >= 4 is 10.9 Å². The molecule has 2 nitrogen and oxygen atoms in total. The lowest BCUT2D eigenvalue weighted by Gasteiger charge is -2.27. The second-order valence-electron chi connectivity index (χ2n) is 8.97. The molecule has 0 aliphatic heterocycles. The standard InChI is InChI=1S/C26H31O2S/c1-25(2,3)27-23-18-17-22(19-24(23)28-26(4,5)6)29(20-13-9-7-10-14-20)21-15-11-8-12-16-21/h7-19H,1-6H3/q+1. The van der Waals surface area contributed by atoms with Crippen LogP contribution in [-0.4, -0.2) is 11.2 Å². The summed E-state index contributed by atoms with van der Waals surface area (Å²) in [7, 11) is -0.220. The van der Waals surface area contributed by atoms with Gasteiger partial charge in [-0.1, -0.05) is 36.4 Å². The van der Waals surface area contributed by atoms with Crippen LogP contribution in [0, 0.1) is 0 Å². The maximum atomic E-state index is 6.32. The van der Waals surface area contributed by atoms with Crippen molar-refractivity contribution in [3.63, 3.8) is 0 Å². The Morgan fingerprint density at radius 2 is 0.966 bits per heavy atom. The molecule has 0 aromatic heterocycles. The van der Waals surface area contributed by atoms with E-state index in [0.29, 0.717) is 0 Å². The molecule has 3 rings (SSSR count). The Labute approximate surface area is 178 Å². The topological polar surface area (TPSA) is 18.5 Å². The van der Waals surface area contributed by atoms with Crippen LogP contribution in [0.2, 0.25) is 0 Å². The SMILES string of the molecule is CC(C)(C)Oc1ccc([S+](c2ccccc2)c2ccccc2)cc1OC(C)(C)C. The van der Waals surface area contributed by atoms with Crippen LogP contribution in [0.3, 0.4) is 0 Å². The van der Waals surface area contributed by atoms with Crippen molar-refractivity contribution in [2.45, 2.75) is 67.4 Å². The highest BCUT2D eigenvalue weighted by molar-refractivity contribution is 7.97. The zero-order valence-corrected chi connectivity index (χ0v) is 19.0. The van der Waals surface area contributed by atoms with Crippen LogP contribution in [0.1, 0.15) is 41.5 Å². The fourth-order valence-electron chi connectivity index (χ4n) is 2.96. The van der Waals surface area contributed by atoms with Gasteiger partial charge in [0.15, 0.2) is 26.2 Å². The maximum Gasteiger partial charge on any atom is 0.170 e. The first-order valence-electron chi connectivity index (χ1n) is 9.99. The van der Waals surface area contributed by atoms with Crippen molar-refractivity contribution in [1.29, 1.82) is 0 Å². The van der Waals surface area contributed by atoms with E-state index < -0.39 is 0 Å². The second kappa shape index (κ2) is 8.54. The molecule has 0 N–H and O–H groups in total. The van der Waals surface area contributed by atoms with Crippen molar-refractivity contribution in [1.82, 2.24) is 0 Å². The zero-order valence-electron chi connectivity index (χ0n) is 18.2. The largest absolute Gasteiger partial charge is 0.484 e. The highest BCUT2D eigenvalue weighted by atomic mass is 32.2. The van der Waals surface area contributed by atoms with Gasteiger partial charge in [-0.25, -0.2) is 0 Å². The van der Waals surface area contributed by atoms with Crippen molar-refractivity contribution in [2.75, 3.05) is 0 Å². The normalized spacial score (nSPS) is 12.1. The fourth-order valence-corrected chi connectivity index (χ4v) is 5.06. The van der Waals surface area contributed by atoms with E-state index in [1.54, 1.807) is 0 Å². The van der Waals surface area contributed by atoms with E-state index >= 15 is 0 Å². The smallest absolute Gasteiger partial charge is 0.170 e. The number of ether oxygens (including phenoxy) is 2. The number of rotatable bonds is 5. The van der Waals surface area contributed by atoms with Gasteiger partial charge in [0.1, 0.15) is 11.2 Å². The summed E-state index contributed by atoms with van der Waals surface area (Å²) in [5.41, 5.74) is -0.606. The lowest BCUT2D eigenvalue weighted by molar-refractivity contribution is 0.0954. The molecule has 3 aromatic rings. The van der Waals surface area contributed by atoms with Crippen LogP contribution < -0.4 is 9.47 Å². The first-order chi connectivity index (χ1) is 13.6. The van der Waals surface area contributed by atoms with Gasteiger partial charge in [-0.3, -0.25) is 0 Å². The van der Waals surface area contributed by atoms with Crippen molar-refractivity contribution < 1.29 is 9.47 Å². The summed E-state index contributed by atoms with van der Waals surface area (Å²) in [4.78, 5) is 3.78. The molecular weight excluding hydrogens is 376 g/mol. The molecule has 3 aromatic carbocycles. The summed E-state index contributed by atoms with van der Waals surface area (Å²) in [5, 5.41) is 0. The number of hydrogen-bond donors (Lipinski definition) is 0. The number of benzene rings is 3. The summed E-state index contributed by atoms with van der Waals surface area (Å²) in [6, 6.07) is 27.7. The first kappa shape index (κ1) is 21.3. The van der Waals surface area contributed by atoms with E-state index in [1.165, 1.54) is 14.7 Å². The lowest BCUT2D eigenvalue weighted by atomic mass is 10.1. The van der Waals surface area contributed by atoms with Crippen LogP contribution in [0.15, 0.2) is 93.5 Å². The quantitative estimate of drug-likeness (QED) is 0.419. The Kier molecular flexibility index (Phi) is 6.28. The van der Waals surface area contributed by atoms with Gasteiger partial charge in [0.25, 0.3) is 0 Å². The Morgan fingerprint density at radius 1 is 0.517 bits per heavy atom. The molecule has 0 radical (unpaired) electrons. The van der Waals surface area contributed by atoms with Gasteiger partial charge in [0.2, 0.25) is 0 Å². The molecule has 0 bridgehead atoms. The molecule has 0 saturated heterocycles. The highest BCUT2D eigenvalue weighted by Gasteiger charge is 2.31. The van der Waals surface area contributed by atoms with Crippen LogP contribution >= 0.6 is 0 Å². The van der Waals surface area contributed by atoms with Gasteiger partial charge in [0, 0.05) is 6.07 Å². The average molecular weight is 408 g/mol. The van der Waals surface area contributed by atoms with E-state index in [4.69, 9.17) is 9.47 Å². The Balaban J connectivity index is 2.12. The predicted octanol–water partition coefficient (Wildman–Crippen LogP) is 7.14. The third-order valence-corrected chi connectivity index (χ3v) is 6.15. The molecule has 0 heterocycles. The molecule has 29 heavy (non-hydrogen) atoms. The zero-order chi connectivity index (χ0) is 21.1. The second-order valence-corrected chi connectivity index (χ2v) is 11.0. The minimum absolute atomic E-state index is 0.220. The van der Waals surface area contributed by atoms with E-state index in [2.05, 4.69) is 114 Å². The van der Waals surface area contributed by atoms with E-state index in [1.807, 2.05) is 6.07 Å². The third kappa shape index (κ3) is 6.04. The molecule has 0 atom stereocenters. The van der Waals surface area contributed by atoms with Crippen molar-refractivity contribution in [3.05, 3.63) is 78.9 Å². The summed E-state index contributed by atoms with van der Waals surface area (Å²) < 4.78 is 12.5. The van der Waals surface area contributed by atoms with Crippen molar-refractivity contribution in [2.24, 2.45) is 0 Å². The average Bonchev–Trinajstić information content (AvgIpc) is 2.64. The van der Waals surface area contributed by atoms with Crippen LogP contribution in [0.5, 0.6) is 11.5 Å². The Bertz CT molecular complexity index is 883. The Hall–Kier alpha value is -2.39. The minimum Gasteiger partial charge on any atom is -0.484 e. The van der Waals surface area contributed by atoms with Gasteiger partial charge in [-0.2, -0.15) is 0 Å². The summed E-state index contributed by atoms with van der Waals surface area (Å²) in [6.45, 7) is 12.4. The van der Waals surface area contributed by atoms with Gasteiger partial charge >= 0.3 is 0 Å². The summed E-state index contributed by atoms with van der Waals surface area (Å²) >= 11 is 0. The molecular formula is C26H31O2S+. The summed E-state index contributed by atoms with van der Waals surface area (Å²) in [5.74, 6) is 1.56. The molecule has 0 spiro atoms. The number of hydrogen-bond acceptors (Lipinski definition) is 2. The molecule has 0 aliphatic rings. The fraction of sp³-hybridized carbons (Fsp3) is 0.308. The van der Waals surface area contributed by atoms with Gasteiger partial charge in [0.05, 0.1) is 10.9 Å². The summed E-state index contributed by atoms with van der Waals surface area (Å²) in [6.07, 6.45) is 0. The highest BCUT2D eigenvalue weighted by Crippen LogP contribution is 2.39. The minimum atomic E-state index is -0.313. The molecule has 3 heteroatoms. The molecule has 0 aliphatic carbocycles.